The molecule has 0 aliphatic carbocycles. The Morgan fingerprint density at radius 1 is 1.12 bits per heavy atom. The van der Waals surface area contributed by atoms with Gasteiger partial charge in [-0.15, -0.1) is 0 Å². The molecule has 2 aromatic rings. The zero-order chi connectivity index (χ0) is 17.6. The second-order valence-electron chi connectivity index (χ2n) is 6.12. The predicted molar refractivity (Wildman–Crippen MR) is 98.8 cm³/mol. The number of hydrogen-bond donors (Lipinski definition) is 1. The summed E-state index contributed by atoms with van der Waals surface area (Å²) < 4.78 is 11.2. The Kier molecular flexibility index (Phi) is 5.39. The van der Waals surface area contributed by atoms with E-state index in [2.05, 4.69) is 5.32 Å². The van der Waals surface area contributed by atoms with Gasteiger partial charge in [-0.1, -0.05) is 42.8 Å². The molecule has 0 aromatic heterocycles. The average molecular weight is 337 g/mol. The third-order valence-electron chi connectivity index (χ3n) is 4.20. The van der Waals surface area contributed by atoms with Gasteiger partial charge in [-0.3, -0.25) is 4.79 Å². The van der Waals surface area contributed by atoms with E-state index in [1.54, 1.807) is 6.08 Å². The summed E-state index contributed by atoms with van der Waals surface area (Å²) >= 11 is 0. The maximum absolute atomic E-state index is 12.3. The molecule has 0 spiro atoms. The Bertz CT molecular complexity index is 765. The van der Waals surface area contributed by atoms with E-state index in [1.165, 1.54) is 5.56 Å². The van der Waals surface area contributed by atoms with E-state index in [0.717, 1.165) is 29.0 Å². The van der Waals surface area contributed by atoms with Gasteiger partial charge >= 0.3 is 0 Å². The van der Waals surface area contributed by atoms with E-state index in [4.69, 9.17) is 9.47 Å². The fourth-order valence-electron chi connectivity index (χ4n) is 2.77. The Labute approximate surface area is 148 Å². The lowest BCUT2D eigenvalue weighted by molar-refractivity contribution is -0.117. The Morgan fingerprint density at radius 2 is 1.84 bits per heavy atom. The van der Waals surface area contributed by atoms with Crippen molar-refractivity contribution >= 4 is 12.0 Å². The minimum Gasteiger partial charge on any atom is -0.486 e. The van der Waals surface area contributed by atoms with E-state index in [1.807, 2.05) is 62.4 Å². The number of nitrogens with one attached hydrogen (secondary N) is 1. The first-order valence-electron chi connectivity index (χ1n) is 8.60. The minimum atomic E-state index is -0.109. The van der Waals surface area contributed by atoms with Crippen LogP contribution in [0.2, 0.25) is 0 Å². The van der Waals surface area contributed by atoms with Crippen LogP contribution in [0, 0.1) is 6.92 Å². The van der Waals surface area contributed by atoms with Crippen molar-refractivity contribution in [3.8, 4) is 11.5 Å². The number of hydrogen-bond acceptors (Lipinski definition) is 3. The lowest BCUT2D eigenvalue weighted by Crippen LogP contribution is -2.26. The summed E-state index contributed by atoms with van der Waals surface area (Å²) in [6.45, 7) is 5.22. The standard InChI is InChI=1S/C21H23NO3/c1-3-18(17-9-10-19-20(14-17)25-13-12-24-19)22-21(23)11-8-16-6-4-15(2)5-7-16/h4-11,14,18H,3,12-13H2,1-2H3,(H,22,23)/b11-8+. The molecule has 1 atom stereocenters. The van der Waals surface area contributed by atoms with Gasteiger partial charge in [0.15, 0.2) is 11.5 Å². The molecule has 25 heavy (non-hydrogen) atoms. The van der Waals surface area contributed by atoms with Gasteiger partial charge in [-0.25, -0.2) is 0 Å². The van der Waals surface area contributed by atoms with Crippen LogP contribution in [-0.4, -0.2) is 19.1 Å². The number of aryl methyl sites for hydroxylation is 1. The maximum Gasteiger partial charge on any atom is 0.244 e. The molecular formula is C21H23NO3. The van der Waals surface area contributed by atoms with E-state index < -0.39 is 0 Å². The van der Waals surface area contributed by atoms with Crippen LogP contribution in [0.25, 0.3) is 6.08 Å². The van der Waals surface area contributed by atoms with Crippen molar-refractivity contribution in [3.05, 3.63) is 65.2 Å². The lowest BCUT2D eigenvalue weighted by atomic mass is 10.0. The van der Waals surface area contributed by atoms with Crippen LogP contribution in [0.15, 0.2) is 48.5 Å². The highest BCUT2D eigenvalue weighted by Gasteiger charge is 2.16. The van der Waals surface area contributed by atoms with Crippen molar-refractivity contribution in [3.63, 3.8) is 0 Å². The molecule has 1 aliphatic rings. The largest absolute Gasteiger partial charge is 0.486 e. The van der Waals surface area contributed by atoms with Gasteiger partial charge in [-0.2, -0.15) is 0 Å². The molecule has 3 rings (SSSR count). The molecule has 0 saturated carbocycles. The highest BCUT2D eigenvalue weighted by Crippen LogP contribution is 2.33. The molecule has 0 bridgehead atoms. The van der Waals surface area contributed by atoms with E-state index in [0.29, 0.717) is 13.2 Å². The summed E-state index contributed by atoms with van der Waals surface area (Å²) in [4.78, 5) is 12.3. The summed E-state index contributed by atoms with van der Waals surface area (Å²) in [5, 5.41) is 3.05. The number of ether oxygens (including phenoxy) is 2. The molecule has 130 valence electrons. The third-order valence-corrected chi connectivity index (χ3v) is 4.20. The molecule has 0 fully saturated rings. The number of carbonyl (C=O) groups excluding carboxylic acids is 1. The van der Waals surface area contributed by atoms with E-state index in [9.17, 15) is 4.79 Å². The lowest BCUT2D eigenvalue weighted by Gasteiger charge is -2.22. The van der Waals surface area contributed by atoms with Gasteiger partial charge < -0.3 is 14.8 Å². The number of amides is 1. The highest BCUT2D eigenvalue weighted by molar-refractivity contribution is 5.92. The van der Waals surface area contributed by atoms with Gasteiger partial charge in [0.05, 0.1) is 6.04 Å². The first-order valence-corrected chi connectivity index (χ1v) is 8.60. The van der Waals surface area contributed by atoms with Gasteiger partial charge in [0.1, 0.15) is 13.2 Å². The normalized spacial score (nSPS) is 14.3. The van der Waals surface area contributed by atoms with Crippen LogP contribution in [0.3, 0.4) is 0 Å². The molecule has 1 N–H and O–H groups in total. The average Bonchev–Trinajstić information content (AvgIpc) is 2.65. The first-order chi connectivity index (χ1) is 12.2. The second kappa shape index (κ2) is 7.88. The molecule has 2 aromatic carbocycles. The van der Waals surface area contributed by atoms with Crippen molar-refractivity contribution in [2.45, 2.75) is 26.3 Å². The third kappa shape index (κ3) is 4.41. The van der Waals surface area contributed by atoms with Gasteiger partial charge in [0.2, 0.25) is 5.91 Å². The fraction of sp³-hybridized carbons (Fsp3) is 0.286. The smallest absolute Gasteiger partial charge is 0.244 e. The van der Waals surface area contributed by atoms with Crippen molar-refractivity contribution < 1.29 is 14.3 Å². The molecule has 1 amide bonds. The fourth-order valence-corrected chi connectivity index (χ4v) is 2.77. The van der Waals surface area contributed by atoms with Gasteiger partial charge in [-0.05, 0) is 42.7 Å². The summed E-state index contributed by atoms with van der Waals surface area (Å²) in [6.07, 6.45) is 4.19. The summed E-state index contributed by atoms with van der Waals surface area (Å²) in [5.41, 5.74) is 3.23. The molecule has 4 heteroatoms. The zero-order valence-electron chi connectivity index (χ0n) is 14.6. The monoisotopic (exact) mass is 337 g/mol. The Hall–Kier alpha value is -2.75. The topological polar surface area (TPSA) is 47.6 Å². The van der Waals surface area contributed by atoms with Crippen LogP contribution in [0.4, 0.5) is 0 Å². The van der Waals surface area contributed by atoms with Crippen molar-refractivity contribution in [2.24, 2.45) is 0 Å². The Morgan fingerprint density at radius 3 is 2.56 bits per heavy atom. The van der Waals surface area contributed by atoms with E-state index >= 15 is 0 Å². The second-order valence-corrected chi connectivity index (χ2v) is 6.12. The minimum absolute atomic E-state index is 0.0639. The number of benzene rings is 2. The van der Waals surface area contributed by atoms with Crippen molar-refractivity contribution in [2.75, 3.05) is 13.2 Å². The maximum atomic E-state index is 12.3. The highest BCUT2D eigenvalue weighted by atomic mass is 16.6. The molecule has 1 aliphatic heterocycles. The van der Waals surface area contributed by atoms with Gasteiger partial charge in [0, 0.05) is 6.08 Å². The summed E-state index contributed by atoms with van der Waals surface area (Å²) in [5.74, 6) is 1.39. The van der Waals surface area contributed by atoms with Gasteiger partial charge in [0.25, 0.3) is 0 Å². The number of carbonyl (C=O) groups is 1. The molecule has 0 saturated heterocycles. The summed E-state index contributed by atoms with van der Waals surface area (Å²) in [7, 11) is 0. The van der Waals surface area contributed by atoms with Crippen LogP contribution >= 0.6 is 0 Å². The number of rotatable bonds is 5. The molecule has 4 nitrogen and oxygen atoms in total. The predicted octanol–water partition coefficient (Wildman–Crippen LogP) is 4.05. The van der Waals surface area contributed by atoms with Crippen LogP contribution in [-0.2, 0) is 4.79 Å². The molecular weight excluding hydrogens is 314 g/mol. The van der Waals surface area contributed by atoms with Crippen LogP contribution < -0.4 is 14.8 Å². The first kappa shape index (κ1) is 17.1. The Balaban J connectivity index is 1.67. The molecule has 1 unspecified atom stereocenters. The van der Waals surface area contributed by atoms with Crippen LogP contribution in [0.1, 0.15) is 36.1 Å². The summed E-state index contributed by atoms with van der Waals surface area (Å²) in [6, 6.07) is 13.8. The molecule has 1 heterocycles. The van der Waals surface area contributed by atoms with Crippen LogP contribution in [0.5, 0.6) is 11.5 Å². The van der Waals surface area contributed by atoms with Crippen molar-refractivity contribution in [1.29, 1.82) is 0 Å². The zero-order valence-corrected chi connectivity index (χ0v) is 14.6. The van der Waals surface area contributed by atoms with Crippen molar-refractivity contribution in [1.82, 2.24) is 5.32 Å². The van der Waals surface area contributed by atoms with E-state index in [-0.39, 0.29) is 11.9 Å². The molecule has 0 radical (unpaired) electrons. The SMILES string of the molecule is CCC(NC(=O)/C=C/c1ccc(C)cc1)c1ccc2c(c1)OCCO2. The number of fused-ring (bicyclic) bond motifs is 1. The quantitative estimate of drug-likeness (QED) is 0.838.